The molecular weight excluding hydrogens is 366 g/mol. The van der Waals surface area contributed by atoms with E-state index in [9.17, 15) is 9.59 Å². The zero-order valence-corrected chi connectivity index (χ0v) is 16.3. The first-order valence-electron chi connectivity index (χ1n) is 8.89. The molecular formula is C20H25NO5S. The smallest absolute Gasteiger partial charge is 0.333 e. The van der Waals surface area contributed by atoms with Crippen molar-refractivity contribution in [2.24, 2.45) is 0 Å². The molecule has 1 amide bonds. The van der Waals surface area contributed by atoms with Gasteiger partial charge in [-0.1, -0.05) is 18.2 Å². The summed E-state index contributed by atoms with van der Waals surface area (Å²) in [6.45, 7) is 4.38. The topological polar surface area (TPSA) is 84.9 Å². The number of benzene rings is 1. The van der Waals surface area contributed by atoms with Crippen molar-refractivity contribution in [3.63, 3.8) is 0 Å². The second kappa shape index (κ2) is 10.7. The maximum atomic E-state index is 12.1. The number of carboxylic acids is 1. The molecule has 2 aromatic rings. The summed E-state index contributed by atoms with van der Waals surface area (Å²) in [6.07, 6.45) is -0.401. The number of carbonyl (C=O) groups excluding carboxylic acids is 1. The molecule has 1 unspecified atom stereocenters. The third-order valence-corrected chi connectivity index (χ3v) is 4.86. The molecule has 1 heterocycles. The Morgan fingerprint density at radius 3 is 2.56 bits per heavy atom. The SMILES string of the molecule is CCO[C@H](Cc1ccc(OC(C)C(=O)NCCc2cccs2)cc1)C(=O)O. The van der Waals surface area contributed by atoms with E-state index >= 15 is 0 Å². The minimum atomic E-state index is -0.981. The number of amides is 1. The van der Waals surface area contributed by atoms with Gasteiger partial charge in [0.1, 0.15) is 5.75 Å². The predicted octanol–water partition coefficient (Wildman–Crippen LogP) is 2.91. The Labute approximate surface area is 163 Å². The molecule has 0 aliphatic rings. The van der Waals surface area contributed by atoms with Gasteiger partial charge in [-0.25, -0.2) is 4.79 Å². The number of rotatable bonds is 11. The molecule has 0 saturated heterocycles. The highest BCUT2D eigenvalue weighted by atomic mass is 32.1. The van der Waals surface area contributed by atoms with Crippen LogP contribution in [0.25, 0.3) is 0 Å². The second-order valence-electron chi connectivity index (χ2n) is 6.01. The minimum absolute atomic E-state index is 0.169. The summed E-state index contributed by atoms with van der Waals surface area (Å²) < 4.78 is 10.9. The third kappa shape index (κ3) is 7.03. The molecule has 0 saturated carbocycles. The van der Waals surface area contributed by atoms with E-state index in [-0.39, 0.29) is 12.3 Å². The Hall–Kier alpha value is -2.38. The molecule has 146 valence electrons. The number of carboxylic acid groups (broad SMARTS) is 1. The van der Waals surface area contributed by atoms with Crippen molar-refractivity contribution in [2.45, 2.75) is 38.9 Å². The van der Waals surface area contributed by atoms with Crippen LogP contribution in [0.5, 0.6) is 5.75 Å². The van der Waals surface area contributed by atoms with Crippen molar-refractivity contribution in [3.05, 3.63) is 52.2 Å². The molecule has 0 aliphatic heterocycles. The van der Waals surface area contributed by atoms with Gasteiger partial charge in [-0.2, -0.15) is 0 Å². The molecule has 1 aromatic heterocycles. The summed E-state index contributed by atoms with van der Waals surface area (Å²) in [5.41, 5.74) is 0.830. The van der Waals surface area contributed by atoms with Gasteiger partial charge in [0.2, 0.25) is 0 Å². The number of aliphatic carboxylic acids is 1. The highest BCUT2D eigenvalue weighted by Gasteiger charge is 2.18. The summed E-state index contributed by atoms with van der Waals surface area (Å²) in [7, 11) is 0. The van der Waals surface area contributed by atoms with Crippen LogP contribution in [0.2, 0.25) is 0 Å². The summed E-state index contributed by atoms with van der Waals surface area (Å²) in [6, 6.07) is 11.1. The van der Waals surface area contributed by atoms with Gasteiger partial charge in [0.15, 0.2) is 12.2 Å². The molecule has 2 atom stereocenters. The van der Waals surface area contributed by atoms with Crippen LogP contribution in [-0.2, 0) is 27.2 Å². The molecule has 6 nitrogen and oxygen atoms in total. The fourth-order valence-corrected chi connectivity index (χ4v) is 3.21. The van der Waals surface area contributed by atoms with E-state index in [2.05, 4.69) is 5.32 Å². The van der Waals surface area contributed by atoms with Crippen molar-refractivity contribution in [1.82, 2.24) is 5.32 Å². The van der Waals surface area contributed by atoms with E-state index < -0.39 is 18.2 Å². The molecule has 0 bridgehead atoms. The van der Waals surface area contributed by atoms with Gasteiger partial charge in [-0.15, -0.1) is 11.3 Å². The molecule has 0 aliphatic carbocycles. The number of hydrogen-bond acceptors (Lipinski definition) is 5. The normalized spacial score (nSPS) is 13.0. The van der Waals surface area contributed by atoms with Crippen molar-refractivity contribution in [1.29, 1.82) is 0 Å². The third-order valence-electron chi connectivity index (χ3n) is 3.92. The number of ether oxygens (including phenoxy) is 2. The highest BCUT2D eigenvalue weighted by Crippen LogP contribution is 2.16. The molecule has 0 spiro atoms. The largest absolute Gasteiger partial charge is 0.481 e. The Morgan fingerprint density at radius 2 is 1.96 bits per heavy atom. The molecule has 0 fully saturated rings. The fraction of sp³-hybridized carbons (Fsp3) is 0.400. The van der Waals surface area contributed by atoms with Gasteiger partial charge < -0.3 is 19.9 Å². The van der Waals surface area contributed by atoms with Gasteiger partial charge in [0.25, 0.3) is 5.91 Å². The second-order valence-corrected chi connectivity index (χ2v) is 7.04. The van der Waals surface area contributed by atoms with E-state index in [1.807, 2.05) is 17.5 Å². The number of nitrogens with one attached hydrogen (secondary N) is 1. The predicted molar refractivity (Wildman–Crippen MR) is 104 cm³/mol. The van der Waals surface area contributed by atoms with Crippen LogP contribution >= 0.6 is 11.3 Å². The maximum Gasteiger partial charge on any atom is 0.333 e. The van der Waals surface area contributed by atoms with Crippen LogP contribution in [0.1, 0.15) is 24.3 Å². The van der Waals surface area contributed by atoms with Crippen molar-refractivity contribution in [2.75, 3.05) is 13.2 Å². The standard InChI is InChI=1S/C20H25NO5S/c1-3-25-18(20(23)24)13-15-6-8-16(9-7-15)26-14(2)19(22)21-11-10-17-5-4-12-27-17/h4-9,12,14,18H,3,10-11,13H2,1-2H3,(H,21,22)(H,23,24)/t14?,18-/m1/s1. The van der Waals surface area contributed by atoms with Crippen LogP contribution in [0.15, 0.2) is 41.8 Å². The number of hydrogen-bond donors (Lipinski definition) is 2. The Bertz CT molecular complexity index is 714. The van der Waals surface area contributed by atoms with Gasteiger partial charge in [0.05, 0.1) is 0 Å². The quantitative estimate of drug-likeness (QED) is 0.615. The van der Waals surface area contributed by atoms with Crippen molar-refractivity contribution in [3.8, 4) is 5.75 Å². The molecule has 2 N–H and O–H groups in total. The van der Waals surface area contributed by atoms with Gasteiger partial charge in [0, 0.05) is 24.4 Å². The first kappa shape index (κ1) is 20.9. The van der Waals surface area contributed by atoms with E-state index in [1.54, 1.807) is 49.4 Å². The molecule has 0 radical (unpaired) electrons. The Kier molecular flexibility index (Phi) is 8.29. The van der Waals surface area contributed by atoms with Gasteiger partial charge in [-0.3, -0.25) is 4.79 Å². The van der Waals surface area contributed by atoms with Crippen LogP contribution in [0.3, 0.4) is 0 Å². The van der Waals surface area contributed by atoms with Crippen LogP contribution < -0.4 is 10.1 Å². The highest BCUT2D eigenvalue weighted by molar-refractivity contribution is 7.09. The van der Waals surface area contributed by atoms with Crippen LogP contribution in [0.4, 0.5) is 0 Å². The molecule has 2 rings (SSSR count). The minimum Gasteiger partial charge on any atom is -0.481 e. The lowest BCUT2D eigenvalue weighted by Gasteiger charge is -2.16. The fourth-order valence-electron chi connectivity index (χ4n) is 2.50. The zero-order chi connectivity index (χ0) is 19.6. The van der Waals surface area contributed by atoms with E-state index in [0.717, 1.165) is 12.0 Å². The lowest BCUT2D eigenvalue weighted by molar-refractivity contribution is -0.150. The van der Waals surface area contributed by atoms with Crippen LogP contribution in [0, 0.1) is 0 Å². The van der Waals surface area contributed by atoms with Crippen molar-refractivity contribution >= 4 is 23.2 Å². The average molecular weight is 391 g/mol. The molecule has 7 heteroatoms. The Balaban J connectivity index is 1.80. The maximum absolute atomic E-state index is 12.1. The first-order chi connectivity index (χ1) is 13.0. The number of thiophene rings is 1. The van der Waals surface area contributed by atoms with E-state index in [4.69, 9.17) is 14.6 Å². The Morgan fingerprint density at radius 1 is 1.22 bits per heavy atom. The average Bonchev–Trinajstić information content (AvgIpc) is 3.16. The zero-order valence-electron chi connectivity index (χ0n) is 15.5. The van der Waals surface area contributed by atoms with Gasteiger partial charge >= 0.3 is 5.97 Å². The monoisotopic (exact) mass is 391 g/mol. The van der Waals surface area contributed by atoms with E-state index in [1.165, 1.54) is 4.88 Å². The summed E-state index contributed by atoms with van der Waals surface area (Å²) in [5, 5.41) is 14.0. The summed E-state index contributed by atoms with van der Waals surface area (Å²) >= 11 is 1.67. The van der Waals surface area contributed by atoms with E-state index in [0.29, 0.717) is 18.9 Å². The number of carbonyl (C=O) groups is 2. The van der Waals surface area contributed by atoms with Crippen LogP contribution in [-0.4, -0.2) is 42.3 Å². The lowest BCUT2D eigenvalue weighted by atomic mass is 10.1. The molecule has 1 aromatic carbocycles. The molecule has 27 heavy (non-hydrogen) atoms. The summed E-state index contributed by atoms with van der Waals surface area (Å²) in [5.74, 6) is -0.592. The van der Waals surface area contributed by atoms with Gasteiger partial charge in [-0.05, 0) is 49.4 Å². The first-order valence-corrected chi connectivity index (χ1v) is 9.77. The lowest BCUT2D eigenvalue weighted by Crippen LogP contribution is -2.37. The van der Waals surface area contributed by atoms with Crippen molar-refractivity contribution < 1.29 is 24.2 Å². The summed E-state index contributed by atoms with van der Waals surface area (Å²) in [4.78, 5) is 24.5.